The third-order valence-electron chi connectivity index (χ3n) is 2.95. The molecule has 19 heavy (non-hydrogen) atoms. The van der Waals surface area contributed by atoms with E-state index in [1.54, 1.807) is 0 Å². The molecule has 0 fully saturated rings. The summed E-state index contributed by atoms with van der Waals surface area (Å²) in [6.45, 7) is 5.98. The highest BCUT2D eigenvalue weighted by Crippen LogP contribution is 2.23. The minimum atomic E-state index is 0.838. The topological polar surface area (TPSA) is 24.7 Å². The van der Waals surface area contributed by atoms with Crippen LogP contribution in [-0.4, -0.2) is 0 Å². The van der Waals surface area contributed by atoms with Gasteiger partial charge in [-0.15, -0.1) is 5.92 Å². The number of azo groups is 1. The lowest BCUT2D eigenvalue weighted by Crippen LogP contribution is -1.86. The standard InChI is InChI=1S/C17H16N2/c1-4-8-15-12-17(11-13(2)14(15)3)19-18-16-9-6-5-7-10-16/h5-7,9-12H,1-3H3. The third-order valence-corrected chi connectivity index (χ3v) is 2.95. The van der Waals surface area contributed by atoms with Gasteiger partial charge in [-0.05, 0) is 56.2 Å². The zero-order valence-electron chi connectivity index (χ0n) is 11.4. The van der Waals surface area contributed by atoms with E-state index in [0.717, 1.165) is 16.9 Å². The Morgan fingerprint density at radius 2 is 1.58 bits per heavy atom. The van der Waals surface area contributed by atoms with Gasteiger partial charge in [0.2, 0.25) is 0 Å². The predicted molar refractivity (Wildman–Crippen MR) is 79.1 cm³/mol. The molecule has 0 aliphatic rings. The van der Waals surface area contributed by atoms with Gasteiger partial charge in [-0.1, -0.05) is 24.1 Å². The Morgan fingerprint density at radius 3 is 2.26 bits per heavy atom. The number of hydrogen-bond donors (Lipinski definition) is 0. The smallest absolute Gasteiger partial charge is 0.0872 e. The molecule has 0 radical (unpaired) electrons. The maximum atomic E-state index is 4.28. The maximum Gasteiger partial charge on any atom is 0.0872 e. The van der Waals surface area contributed by atoms with Gasteiger partial charge in [0, 0.05) is 5.56 Å². The summed E-state index contributed by atoms with van der Waals surface area (Å²) < 4.78 is 0. The first kappa shape index (κ1) is 13.0. The zero-order chi connectivity index (χ0) is 13.7. The highest BCUT2D eigenvalue weighted by atomic mass is 15.1. The molecule has 2 aromatic carbocycles. The van der Waals surface area contributed by atoms with Crippen molar-refractivity contribution >= 4 is 11.4 Å². The average molecular weight is 248 g/mol. The Kier molecular flexibility index (Phi) is 4.10. The number of aryl methyl sites for hydroxylation is 1. The van der Waals surface area contributed by atoms with Crippen LogP contribution in [0.25, 0.3) is 0 Å². The molecule has 0 amide bonds. The van der Waals surface area contributed by atoms with Crippen molar-refractivity contribution in [3.8, 4) is 11.8 Å². The van der Waals surface area contributed by atoms with Crippen LogP contribution in [0.2, 0.25) is 0 Å². The number of benzene rings is 2. The van der Waals surface area contributed by atoms with Crippen molar-refractivity contribution in [2.75, 3.05) is 0 Å². The fraction of sp³-hybridized carbons (Fsp3) is 0.176. The lowest BCUT2D eigenvalue weighted by molar-refractivity contribution is 1.21. The van der Waals surface area contributed by atoms with E-state index >= 15 is 0 Å². The Morgan fingerprint density at radius 1 is 0.895 bits per heavy atom. The minimum absolute atomic E-state index is 0.838. The molecule has 2 rings (SSSR count). The Labute approximate surface area is 114 Å². The van der Waals surface area contributed by atoms with Crippen molar-refractivity contribution in [3.05, 3.63) is 59.2 Å². The van der Waals surface area contributed by atoms with Gasteiger partial charge >= 0.3 is 0 Å². The molecular weight excluding hydrogens is 232 g/mol. The SMILES string of the molecule is CC#Cc1cc(N=Nc2ccccc2)cc(C)c1C. The molecule has 0 saturated carbocycles. The summed E-state index contributed by atoms with van der Waals surface area (Å²) in [6.07, 6.45) is 0. The van der Waals surface area contributed by atoms with Gasteiger partial charge in [0.15, 0.2) is 0 Å². The first-order valence-electron chi connectivity index (χ1n) is 6.21. The monoisotopic (exact) mass is 248 g/mol. The Balaban J connectivity index is 2.35. The second-order valence-corrected chi connectivity index (χ2v) is 4.35. The van der Waals surface area contributed by atoms with E-state index in [4.69, 9.17) is 0 Å². The molecule has 0 aromatic heterocycles. The zero-order valence-corrected chi connectivity index (χ0v) is 11.4. The van der Waals surface area contributed by atoms with Crippen molar-refractivity contribution in [1.82, 2.24) is 0 Å². The Hall–Kier alpha value is -2.40. The van der Waals surface area contributed by atoms with Gasteiger partial charge in [0.25, 0.3) is 0 Å². The van der Waals surface area contributed by atoms with E-state index in [1.807, 2.05) is 49.4 Å². The average Bonchev–Trinajstić information content (AvgIpc) is 2.43. The van der Waals surface area contributed by atoms with Crippen molar-refractivity contribution in [2.45, 2.75) is 20.8 Å². The van der Waals surface area contributed by atoms with Crippen LogP contribution >= 0.6 is 0 Å². The normalized spacial score (nSPS) is 10.3. The quantitative estimate of drug-likeness (QED) is 0.522. The molecule has 2 heteroatoms. The van der Waals surface area contributed by atoms with Crippen LogP contribution in [0.15, 0.2) is 52.7 Å². The van der Waals surface area contributed by atoms with E-state index in [1.165, 1.54) is 11.1 Å². The second-order valence-electron chi connectivity index (χ2n) is 4.35. The van der Waals surface area contributed by atoms with Gasteiger partial charge in [0.1, 0.15) is 0 Å². The summed E-state index contributed by atoms with van der Waals surface area (Å²) in [7, 11) is 0. The maximum absolute atomic E-state index is 4.28. The fourth-order valence-corrected chi connectivity index (χ4v) is 1.77. The largest absolute Gasteiger partial charge is 0.151 e. The molecular formula is C17H16N2. The second kappa shape index (κ2) is 5.97. The number of rotatable bonds is 2. The number of nitrogens with zero attached hydrogens (tertiary/aromatic N) is 2. The summed E-state index contributed by atoms with van der Waals surface area (Å²) in [5, 5.41) is 8.50. The van der Waals surface area contributed by atoms with E-state index in [2.05, 4.69) is 35.9 Å². The molecule has 2 aromatic rings. The number of hydrogen-bond acceptors (Lipinski definition) is 2. The summed E-state index contributed by atoms with van der Waals surface area (Å²) in [5.41, 5.74) is 5.09. The molecule has 0 bridgehead atoms. The van der Waals surface area contributed by atoms with Crippen LogP contribution in [0.5, 0.6) is 0 Å². The predicted octanol–water partition coefficient (Wildman–Crippen LogP) is 5.09. The highest BCUT2D eigenvalue weighted by molar-refractivity contribution is 5.54. The van der Waals surface area contributed by atoms with Crippen LogP contribution in [0, 0.1) is 25.7 Å². The summed E-state index contributed by atoms with van der Waals surface area (Å²) >= 11 is 0. The summed E-state index contributed by atoms with van der Waals surface area (Å²) in [4.78, 5) is 0. The van der Waals surface area contributed by atoms with Crippen LogP contribution in [-0.2, 0) is 0 Å². The summed E-state index contributed by atoms with van der Waals surface area (Å²) in [6, 6.07) is 13.7. The molecule has 0 spiro atoms. The molecule has 2 nitrogen and oxygen atoms in total. The van der Waals surface area contributed by atoms with Crippen molar-refractivity contribution in [3.63, 3.8) is 0 Å². The van der Waals surface area contributed by atoms with Gasteiger partial charge < -0.3 is 0 Å². The minimum Gasteiger partial charge on any atom is -0.151 e. The molecule has 0 atom stereocenters. The van der Waals surface area contributed by atoms with Crippen molar-refractivity contribution in [1.29, 1.82) is 0 Å². The third kappa shape index (κ3) is 3.29. The molecule has 0 heterocycles. The molecule has 0 unspecified atom stereocenters. The summed E-state index contributed by atoms with van der Waals surface area (Å²) in [5.74, 6) is 6.03. The van der Waals surface area contributed by atoms with E-state index in [0.29, 0.717) is 0 Å². The van der Waals surface area contributed by atoms with Gasteiger partial charge in [-0.2, -0.15) is 10.2 Å². The molecule has 94 valence electrons. The van der Waals surface area contributed by atoms with Crippen molar-refractivity contribution < 1.29 is 0 Å². The van der Waals surface area contributed by atoms with E-state index in [-0.39, 0.29) is 0 Å². The molecule has 0 aliphatic heterocycles. The fourth-order valence-electron chi connectivity index (χ4n) is 1.77. The Bertz CT molecular complexity index is 659. The van der Waals surface area contributed by atoms with Crippen LogP contribution < -0.4 is 0 Å². The van der Waals surface area contributed by atoms with Crippen molar-refractivity contribution in [2.24, 2.45) is 10.2 Å². The first-order chi connectivity index (χ1) is 9.20. The highest BCUT2D eigenvalue weighted by Gasteiger charge is 2.02. The van der Waals surface area contributed by atoms with Gasteiger partial charge in [-0.25, -0.2) is 0 Å². The molecule has 0 saturated heterocycles. The lowest BCUT2D eigenvalue weighted by Gasteiger charge is -2.04. The van der Waals surface area contributed by atoms with Crippen LogP contribution in [0.4, 0.5) is 11.4 Å². The van der Waals surface area contributed by atoms with Gasteiger partial charge in [0.05, 0.1) is 11.4 Å². The molecule has 0 N–H and O–H groups in total. The first-order valence-corrected chi connectivity index (χ1v) is 6.21. The van der Waals surface area contributed by atoms with Gasteiger partial charge in [-0.3, -0.25) is 0 Å². The lowest BCUT2D eigenvalue weighted by atomic mass is 10.0. The van der Waals surface area contributed by atoms with Crippen LogP contribution in [0.3, 0.4) is 0 Å². The van der Waals surface area contributed by atoms with E-state index in [9.17, 15) is 0 Å². The van der Waals surface area contributed by atoms with E-state index < -0.39 is 0 Å². The molecule has 0 aliphatic carbocycles. The van der Waals surface area contributed by atoms with Crippen LogP contribution in [0.1, 0.15) is 23.6 Å².